The molecule has 0 aliphatic rings. The van der Waals surface area contributed by atoms with Crippen molar-refractivity contribution in [2.45, 2.75) is 46.8 Å². The number of carbonyl (C=O) groups is 3. The van der Waals surface area contributed by atoms with Gasteiger partial charge in [-0.1, -0.05) is 26.0 Å². The highest BCUT2D eigenvalue weighted by molar-refractivity contribution is 5.98. The van der Waals surface area contributed by atoms with Crippen molar-refractivity contribution in [2.24, 2.45) is 13.0 Å². The molecule has 2 rings (SSSR count). The number of ether oxygens (including phenoxy) is 1. The maximum Gasteiger partial charge on any atom is 0.329 e. The molecule has 2 aromatic rings. The molecule has 0 fully saturated rings. The third-order valence-electron chi connectivity index (χ3n) is 4.75. The maximum atomic E-state index is 13.8. The van der Waals surface area contributed by atoms with Gasteiger partial charge in [0.25, 0.3) is 11.8 Å². The highest BCUT2D eigenvalue weighted by atomic mass is 19.1. The van der Waals surface area contributed by atoms with Gasteiger partial charge >= 0.3 is 5.97 Å². The highest BCUT2D eigenvalue weighted by Gasteiger charge is 2.30. The molecule has 1 aromatic heterocycles. The summed E-state index contributed by atoms with van der Waals surface area (Å²) in [5.41, 5.74) is 1.78. The van der Waals surface area contributed by atoms with Gasteiger partial charge in [-0.3, -0.25) is 14.3 Å². The molecular weight excluding hydrogens is 391 g/mol. The van der Waals surface area contributed by atoms with E-state index in [9.17, 15) is 18.8 Å². The van der Waals surface area contributed by atoms with E-state index in [2.05, 4.69) is 15.7 Å². The molecule has 9 heteroatoms. The Hall–Kier alpha value is -3.23. The summed E-state index contributed by atoms with van der Waals surface area (Å²) in [5, 5.41) is 9.42. The van der Waals surface area contributed by atoms with Gasteiger partial charge in [-0.15, -0.1) is 0 Å². The predicted molar refractivity (Wildman–Crippen MR) is 109 cm³/mol. The van der Waals surface area contributed by atoms with Gasteiger partial charge in [0.15, 0.2) is 6.10 Å². The Labute approximate surface area is 174 Å². The van der Waals surface area contributed by atoms with E-state index < -0.39 is 35.7 Å². The quantitative estimate of drug-likeness (QED) is 0.673. The van der Waals surface area contributed by atoms with E-state index in [-0.39, 0.29) is 11.5 Å². The van der Waals surface area contributed by atoms with Crippen LogP contribution in [0.4, 0.5) is 10.1 Å². The van der Waals surface area contributed by atoms with E-state index in [4.69, 9.17) is 4.74 Å². The third-order valence-corrected chi connectivity index (χ3v) is 4.75. The molecule has 0 saturated heterocycles. The zero-order valence-electron chi connectivity index (χ0n) is 17.9. The van der Waals surface area contributed by atoms with Crippen LogP contribution in [0.3, 0.4) is 0 Å². The van der Waals surface area contributed by atoms with Crippen LogP contribution >= 0.6 is 0 Å². The van der Waals surface area contributed by atoms with Gasteiger partial charge in [-0.25, -0.2) is 9.18 Å². The Kier molecular flexibility index (Phi) is 7.31. The van der Waals surface area contributed by atoms with Crippen LogP contribution < -0.4 is 10.6 Å². The van der Waals surface area contributed by atoms with Crippen LogP contribution in [-0.2, 0) is 21.4 Å². The van der Waals surface area contributed by atoms with E-state index >= 15 is 0 Å². The lowest BCUT2D eigenvalue weighted by Gasteiger charge is -2.23. The molecule has 162 valence electrons. The van der Waals surface area contributed by atoms with Gasteiger partial charge in [0, 0.05) is 7.05 Å². The molecule has 0 saturated carbocycles. The minimum atomic E-state index is -1.11. The van der Waals surface area contributed by atoms with E-state index in [1.165, 1.54) is 25.1 Å². The molecule has 2 N–H and O–H groups in total. The Morgan fingerprint density at radius 2 is 1.77 bits per heavy atom. The van der Waals surface area contributed by atoms with E-state index in [0.717, 1.165) is 11.8 Å². The second-order valence-electron chi connectivity index (χ2n) is 7.41. The summed E-state index contributed by atoms with van der Waals surface area (Å²) in [4.78, 5) is 37.5. The predicted octanol–water partition coefficient (Wildman–Crippen LogP) is 2.50. The molecule has 1 heterocycles. The highest BCUT2D eigenvalue weighted by Crippen LogP contribution is 2.19. The first kappa shape index (κ1) is 23.1. The standard InChI is InChI=1S/C21H27FN4O4/c1-11(2)17(23-20(28)15-9-7-8-10-16(15)22)21(29)30-14(5)19(27)24-18-12(3)25-26(6)13(18)4/h7-11,14,17H,1-6H3,(H,23,28)(H,24,27)/t14-,17-/m0/s1. The number of rotatable bonds is 7. The van der Waals surface area contributed by atoms with Crippen LogP contribution in [0.1, 0.15) is 42.5 Å². The fourth-order valence-corrected chi connectivity index (χ4v) is 2.84. The molecule has 30 heavy (non-hydrogen) atoms. The number of anilines is 1. The molecule has 2 amide bonds. The van der Waals surface area contributed by atoms with E-state index in [1.807, 2.05) is 0 Å². The Bertz CT molecular complexity index is 954. The molecule has 8 nitrogen and oxygen atoms in total. The number of benzene rings is 1. The van der Waals surface area contributed by atoms with Crippen molar-refractivity contribution in [2.75, 3.05) is 5.32 Å². The number of hydrogen-bond donors (Lipinski definition) is 2. The normalized spacial score (nSPS) is 12.9. The molecule has 0 spiro atoms. The number of aromatic nitrogens is 2. The lowest BCUT2D eigenvalue weighted by molar-refractivity contribution is -0.156. The summed E-state index contributed by atoms with van der Waals surface area (Å²) in [6, 6.07) is 4.42. The van der Waals surface area contributed by atoms with Gasteiger partial charge < -0.3 is 15.4 Å². The van der Waals surface area contributed by atoms with Crippen LogP contribution in [0, 0.1) is 25.6 Å². The Morgan fingerprint density at radius 3 is 2.30 bits per heavy atom. The van der Waals surface area contributed by atoms with Gasteiger partial charge in [0.1, 0.15) is 11.9 Å². The summed E-state index contributed by atoms with van der Waals surface area (Å²) >= 11 is 0. The summed E-state index contributed by atoms with van der Waals surface area (Å²) < 4.78 is 20.8. The Balaban J connectivity index is 2.06. The monoisotopic (exact) mass is 418 g/mol. The number of esters is 1. The third kappa shape index (κ3) is 5.22. The molecule has 0 bridgehead atoms. The zero-order chi connectivity index (χ0) is 22.6. The van der Waals surface area contributed by atoms with Gasteiger partial charge in [-0.05, 0) is 38.8 Å². The first-order valence-electron chi connectivity index (χ1n) is 9.59. The number of hydrogen-bond acceptors (Lipinski definition) is 5. The number of nitrogens with one attached hydrogen (secondary N) is 2. The van der Waals surface area contributed by atoms with Crippen molar-refractivity contribution >= 4 is 23.5 Å². The largest absolute Gasteiger partial charge is 0.451 e. The van der Waals surface area contributed by atoms with Crippen molar-refractivity contribution in [1.82, 2.24) is 15.1 Å². The van der Waals surface area contributed by atoms with Crippen molar-refractivity contribution in [1.29, 1.82) is 0 Å². The van der Waals surface area contributed by atoms with Crippen molar-refractivity contribution < 1.29 is 23.5 Å². The lowest BCUT2D eigenvalue weighted by Crippen LogP contribution is -2.47. The van der Waals surface area contributed by atoms with Crippen LogP contribution in [-0.4, -0.2) is 39.7 Å². The van der Waals surface area contributed by atoms with E-state index in [0.29, 0.717) is 11.4 Å². The molecule has 0 aliphatic heterocycles. The fraction of sp³-hybridized carbons (Fsp3) is 0.429. The average Bonchev–Trinajstić information content (AvgIpc) is 2.91. The Morgan fingerprint density at radius 1 is 1.13 bits per heavy atom. The van der Waals surface area contributed by atoms with Gasteiger partial charge in [-0.2, -0.15) is 5.10 Å². The number of nitrogens with zero attached hydrogens (tertiary/aromatic N) is 2. The molecular formula is C21H27FN4O4. The summed E-state index contributed by atoms with van der Waals surface area (Å²) in [7, 11) is 1.76. The summed E-state index contributed by atoms with van der Waals surface area (Å²) in [6.07, 6.45) is -1.11. The number of aryl methyl sites for hydroxylation is 2. The van der Waals surface area contributed by atoms with Gasteiger partial charge in [0.2, 0.25) is 0 Å². The topological polar surface area (TPSA) is 102 Å². The zero-order valence-corrected chi connectivity index (χ0v) is 17.9. The fourth-order valence-electron chi connectivity index (χ4n) is 2.84. The minimum absolute atomic E-state index is 0.177. The molecule has 1 aromatic carbocycles. The smallest absolute Gasteiger partial charge is 0.329 e. The van der Waals surface area contributed by atoms with Crippen LogP contribution in [0.2, 0.25) is 0 Å². The van der Waals surface area contributed by atoms with Gasteiger partial charge in [0.05, 0.1) is 22.6 Å². The summed E-state index contributed by atoms with van der Waals surface area (Å²) in [6.45, 7) is 8.41. The summed E-state index contributed by atoms with van der Waals surface area (Å²) in [5.74, 6) is -3.07. The SMILES string of the molecule is Cc1nn(C)c(C)c1NC(=O)[C@H](C)OC(=O)[C@@H](NC(=O)c1ccccc1F)C(C)C. The molecule has 2 atom stereocenters. The molecule has 0 radical (unpaired) electrons. The van der Waals surface area contributed by atoms with Crippen molar-refractivity contribution in [3.63, 3.8) is 0 Å². The van der Waals surface area contributed by atoms with Crippen LogP contribution in [0.5, 0.6) is 0 Å². The average molecular weight is 418 g/mol. The molecule has 0 aliphatic carbocycles. The van der Waals surface area contributed by atoms with Crippen molar-refractivity contribution in [3.05, 3.63) is 47.0 Å². The van der Waals surface area contributed by atoms with E-state index in [1.54, 1.807) is 39.4 Å². The van der Waals surface area contributed by atoms with Crippen LogP contribution in [0.25, 0.3) is 0 Å². The number of carbonyl (C=O) groups excluding carboxylic acids is 3. The first-order valence-corrected chi connectivity index (χ1v) is 9.59. The lowest BCUT2D eigenvalue weighted by atomic mass is 10.0. The van der Waals surface area contributed by atoms with Crippen LogP contribution in [0.15, 0.2) is 24.3 Å². The number of amides is 2. The second-order valence-corrected chi connectivity index (χ2v) is 7.41. The number of halogens is 1. The molecule has 0 unspecified atom stereocenters. The first-order chi connectivity index (χ1) is 14.0. The second kappa shape index (κ2) is 9.51. The van der Waals surface area contributed by atoms with Crippen molar-refractivity contribution in [3.8, 4) is 0 Å². The minimum Gasteiger partial charge on any atom is -0.451 e. The maximum absolute atomic E-state index is 13.8.